The fourth-order valence-corrected chi connectivity index (χ4v) is 3.47. The first-order chi connectivity index (χ1) is 9.72. The van der Waals surface area contributed by atoms with E-state index in [1.54, 1.807) is 0 Å². The lowest BCUT2D eigenvalue weighted by Gasteiger charge is -2.40. The van der Waals surface area contributed by atoms with E-state index in [1.807, 2.05) is 0 Å². The highest BCUT2D eigenvalue weighted by molar-refractivity contribution is 5.20. The second-order valence-corrected chi connectivity index (χ2v) is 6.34. The van der Waals surface area contributed by atoms with Crippen molar-refractivity contribution in [1.29, 1.82) is 0 Å². The third-order valence-corrected chi connectivity index (χ3v) is 4.55. The van der Waals surface area contributed by atoms with Gasteiger partial charge in [0.15, 0.2) is 0 Å². The molecule has 2 saturated heterocycles. The number of hydrogen-bond donors (Lipinski definition) is 1. The van der Waals surface area contributed by atoms with Crippen LogP contribution in [0.3, 0.4) is 0 Å². The van der Waals surface area contributed by atoms with Gasteiger partial charge in [0.1, 0.15) is 0 Å². The van der Waals surface area contributed by atoms with Gasteiger partial charge in [-0.3, -0.25) is 4.90 Å². The highest BCUT2D eigenvalue weighted by Gasteiger charge is 2.31. The quantitative estimate of drug-likeness (QED) is 0.917. The van der Waals surface area contributed by atoms with E-state index in [-0.39, 0.29) is 0 Å². The van der Waals surface area contributed by atoms with Gasteiger partial charge in [-0.25, -0.2) is 0 Å². The molecule has 0 aliphatic carbocycles. The van der Waals surface area contributed by atoms with E-state index in [4.69, 9.17) is 4.74 Å². The molecule has 2 aliphatic rings. The Morgan fingerprint density at radius 1 is 1.20 bits per heavy atom. The molecule has 0 spiro atoms. The second kappa shape index (κ2) is 6.25. The van der Waals surface area contributed by atoms with Crippen molar-refractivity contribution in [2.24, 2.45) is 0 Å². The molecule has 3 nitrogen and oxygen atoms in total. The largest absolute Gasteiger partial charge is 0.374 e. The summed E-state index contributed by atoms with van der Waals surface area (Å²) in [6.07, 6.45) is 3.28. The molecule has 4 unspecified atom stereocenters. The van der Waals surface area contributed by atoms with Crippen molar-refractivity contribution in [2.45, 2.75) is 51.0 Å². The van der Waals surface area contributed by atoms with Crippen molar-refractivity contribution in [3.63, 3.8) is 0 Å². The molecule has 0 saturated carbocycles. The molecule has 2 heterocycles. The summed E-state index contributed by atoms with van der Waals surface area (Å²) in [5, 5.41) is 3.61. The zero-order chi connectivity index (χ0) is 13.9. The van der Waals surface area contributed by atoms with Crippen LogP contribution in [-0.4, -0.2) is 42.8 Å². The van der Waals surface area contributed by atoms with Gasteiger partial charge < -0.3 is 10.1 Å². The highest BCUT2D eigenvalue weighted by atomic mass is 16.5. The minimum Gasteiger partial charge on any atom is -0.374 e. The fraction of sp³-hybridized carbons (Fsp3) is 0.647. The second-order valence-electron chi connectivity index (χ2n) is 6.34. The number of hydrogen-bond acceptors (Lipinski definition) is 3. The molecule has 4 atom stereocenters. The van der Waals surface area contributed by atoms with E-state index in [1.165, 1.54) is 18.4 Å². The molecule has 0 aromatic heterocycles. The van der Waals surface area contributed by atoms with Crippen molar-refractivity contribution in [3.05, 3.63) is 35.9 Å². The summed E-state index contributed by atoms with van der Waals surface area (Å²) in [5.74, 6) is 0. The van der Waals surface area contributed by atoms with Crippen LogP contribution in [0.1, 0.15) is 38.3 Å². The fourth-order valence-electron chi connectivity index (χ4n) is 3.47. The number of rotatable bonds is 3. The Morgan fingerprint density at radius 2 is 2.00 bits per heavy atom. The van der Waals surface area contributed by atoms with E-state index in [9.17, 15) is 0 Å². The molecule has 3 heteroatoms. The minimum absolute atomic E-state index is 0.418. The van der Waals surface area contributed by atoms with Crippen LogP contribution in [0.4, 0.5) is 0 Å². The average molecular weight is 274 g/mol. The van der Waals surface area contributed by atoms with Crippen LogP contribution in [0, 0.1) is 0 Å². The molecule has 0 amide bonds. The third kappa shape index (κ3) is 3.22. The predicted octanol–water partition coefficient (Wildman–Crippen LogP) is 2.59. The summed E-state index contributed by atoms with van der Waals surface area (Å²) in [4.78, 5) is 2.61. The van der Waals surface area contributed by atoms with Crippen molar-refractivity contribution in [1.82, 2.24) is 10.2 Å². The summed E-state index contributed by atoms with van der Waals surface area (Å²) in [6, 6.07) is 11.9. The van der Waals surface area contributed by atoms with Crippen molar-refractivity contribution in [2.75, 3.05) is 19.6 Å². The van der Waals surface area contributed by atoms with E-state index in [0.29, 0.717) is 24.3 Å². The van der Waals surface area contributed by atoms with Crippen LogP contribution in [0.5, 0.6) is 0 Å². The number of ether oxygens (including phenoxy) is 1. The van der Waals surface area contributed by atoms with E-state index in [2.05, 4.69) is 54.4 Å². The summed E-state index contributed by atoms with van der Waals surface area (Å²) in [6.45, 7) is 7.67. The third-order valence-electron chi connectivity index (χ3n) is 4.55. The number of piperazine rings is 1. The van der Waals surface area contributed by atoms with Crippen molar-refractivity contribution in [3.8, 4) is 0 Å². The molecule has 2 aliphatic heterocycles. The van der Waals surface area contributed by atoms with Crippen LogP contribution in [0.15, 0.2) is 30.3 Å². The average Bonchev–Trinajstić information content (AvgIpc) is 2.85. The zero-order valence-electron chi connectivity index (χ0n) is 12.6. The Bertz CT molecular complexity index is 422. The zero-order valence-corrected chi connectivity index (χ0v) is 12.6. The number of nitrogens with one attached hydrogen (secondary N) is 1. The van der Waals surface area contributed by atoms with Crippen molar-refractivity contribution >= 4 is 0 Å². The predicted molar refractivity (Wildman–Crippen MR) is 81.8 cm³/mol. The van der Waals surface area contributed by atoms with Gasteiger partial charge in [0, 0.05) is 31.7 Å². The molecule has 0 bridgehead atoms. The summed E-state index contributed by atoms with van der Waals surface area (Å²) >= 11 is 0. The maximum absolute atomic E-state index is 6.02. The Morgan fingerprint density at radius 3 is 2.70 bits per heavy atom. The topological polar surface area (TPSA) is 24.5 Å². The normalized spacial score (nSPS) is 35.3. The molecule has 3 rings (SSSR count). The monoisotopic (exact) mass is 274 g/mol. The summed E-state index contributed by atoms with van der Waals surface area (Å²) in [5.41, 5.74) is 1.41. The Hall–Kier alpha value is -0.900. The van der Waals surface area contributed by atoms with Gasteiger partial charge in [-0.05, 0) is 32.3 Å². The Kier molecular flexibility index (Phi) is 4.39. The minimum atomic E-state index is 0.418. The molecule has 1 N–H and O–H groups in total. The van der Waals surface area contributed by atoms with Gasteiger partial charge in [0.25, 0.3) is 0 Å². The van der Waals surface area contributed by atoms with Gasteiger partial charge >= 0.3 is 0 Å². The molecule has 1 aromatic rings. The van der Waals surface area contributed by atoms with Crippen LogP contribution in [0.2, 0.25) is 0 Å². The summed E-state index contributed by atoms with van der Waals surface area (Å²) in [7, 11) is 0. The van der Waals surface area contributed by atoms with E-state index < -0.39 is 0 Å². The van der Waals surface area contributed by atoms with Gasteiger partial charge in [0.2, 0.25) is 0 Å². The smallest absolute Gasteiger partial charge is 0.0706 e. The van der Waals surface area contributed by atoms with E-state index in [0.717, 1.165) is 19.6 Å². The number of benzene rings is 1. The van der Waals surface area contributed by atoms with E-state index >= 15 is 0 Å². The summed E-state index contributed by atoms with van der Waals surface area (Å²) < 4.78 is 6.02. The van der Waals surface area contributed by atoms with Crippen LogP contribution in [-0.2, 0) is 4.74 Å². The highest BCUT2D eigenvalue weighted by Crippen LogP contribution is 2.27. The van der Waals surface area contributed by atoms with Crippen molar-refractivity contribution < 1.29 is 4.74 Å². The molecule has 20 heavy (non-hydrogen) atoms. The molecule has 2 fully saturated rings. The molecule has 0 radical (unpaired) electrons. The van der Waals surface area contributed by atoms with Crippen LogP contribution >= 0.6 is 0 Å². The first-order valence-corrected chi connectivity index (χ1v) is 7.90. The maximum Gasteiger partial charge on any atom is 0.0706 e. The lowest BCUT2D eigenvalue weighted by Crippen LogP contribution is -2.52. The lowest BCUT2D eigenvalue weighted by atomic mass is 10.0. The van der Waals surface area contributed by atoms with Gasteiger partial charge in [-0.1, -0.05) is 30.3 Å². The van der Waals surface area contributed by atoms with Gasteiger partial charge in [0.05, 0.1) is 12.2 Å². The maximum atomic E-state index is 6.02. The first-order valence-electron chi connectivity index (χ1n) is 7.90. The van der Waals surface area contributed by atoms with Crippen LogP contribution < -0.4 is 5.32 Å². The Labute approximate surface area is 122 Å². The molecule has 110 valence electrons. The Balaban J connectivity index is 1.70. The number of nitrogens with zero attached hydrogens (tertiary/aromatic N) is 1. The molecular formula is C17H26N2O. The lowest BCUT2D eigenvalue weighted by molar-refractivity contribution is 0.0114. The first kappa shape index (κ1) is 14.1. The van der Waals surface area contributed by atoms with Gasteiger partial charge in [-0.15, -0.1) is 0 Å². The molecule has 1 aromatic carbocycles. The SMILES string of the molecule is CC1CN(CC2CCC(C)O2)C(c2ccccc2)CN1. The van der Waals surface area contributed by atoms with Crippen LogP contribution in [0.25, 0.3) is 0 Å². The standard InChI is InChI=1S/C17H26N2O/c1-13-11-19(12-16-9-8-14(2)20-16)17(10-18-13)15-6-4-3-5-7-15/h3-7,13-14,16-18H,8-12H2,1-2H3. The van der Waals surface area contributed by atoms with Gasteiger partial charge in [-0.2, -0.15) is 0 Å². The molecular weight excluding hydrogens is 248 g/mol.